The molecule has 3 aromatic heterocycles. The van der Waals surface area contributed by atoms with Gasteiger partial charge in [0.15, 0.2) is 5.01 Å². The molecule has 220 valence electrons. The van der Waals surface area contributed by atoms with Gasteiger partial charge < -0.3 is 15.3 Å². The molecule has 0 saturated carbocycles. The number of carbonyl (C=O) groups excluding carboxylic acids is 1. The topological polar surface area (TPSA) is 104 Å². The monoisotopic (exact) mass is 584 g/mol. The van der Waals surface area contributed by atoms with Crippen LogP contribution in [-0.2, 0) is 12.8 Å². The third-order valence-corrected chi connectivity index (χ3v) is 9.96. The molecule has 4 aromatic rings. The van der Waals surface area contributed by atoms with Crippen molar-refractivity contribution in [3.05, 3.63) is 70.6 Å². The van der Waals surface area contributed by atoms with E-state index >= 15 is 0 Å². The first-order chi connectivity index (χ1) is 20.2. The molecule has 0 bridgehead atoms. The molecule has 1 unspecified atom stereocenters. The first-order valence-corrected chi connectivity index (χ1v) is 15.9. The Balaban J connectivity index is 1.21. The minimum atomic E-state index is -0.204. The largest absolute Gasteiger partial charge is 0.393 e. The minimum absolute atomic E-state index is 0.162. The molecule has 0 spiro atoms. The number of amides is 1. The van der Waals surface area contributed by atoms with Gasteiger partial charge in [-0.2, -0.15) is 10.2 Å². The average Bonchev–Trinajstić information content (AvgIpc) is 3.41. The molecule has 0 radical (unpaired) electrons. The van der Waals surface area contributed by atoms with Crippen molar-refractivity contribution in [2.75, 3.05) is 19.6 Å². The fraction of sp³-hybridized carbons (Fsp3) is 0.485. The number of rotatable bonds is 7. The van der Waals surface area contributed by atoms with Crippen LogP contribution in [0.5, 0.6) is 0 Å². The summed E-state index contributed by atoms with van der Waals surface area (Å²) in [6, 6.07) is 12.2. The Hall–Kier alpha value is -3.27. The summed E-state index contributed by atoms with van der Waals surface area (Å²) in [6.07, 6.45) is 8.74. The van der Waals surface area contributed by atoms with Gasteiger partial charge in [-0.3, -0.25) is 4.79 Å². The van der Waals surface area contributed by atoms with E-state index in [9.17, 15) is 9.90 Å². The van der Waals surface area contributed by atoms with Crippen molar-refractivity contribution in [1.82, 2.24) is 30.4 Å². The molecular formula is C33H40N6O2S. The van der Waals surface area contributed by atoms with Crippen LogP contribution >= 0.6 is 11.3 Å². The molecule has 2 atom stereocenters. The second-order valence-electron chi connectivity index (χ2n) is 12.9. The molecule has 1 amide bonds. The van der Waals surface area contributed by atoms with Gasteiger partial charge in [-0.25, -0.2) is 9.97 Å². The molecule has 2 aliphatic rings. The van der Waals surface area contributed by atoms with Gasteiger partial charge in [0.1, 0.15) is 10.3 Å². The maximum Gasteiger partial charge on any atom is 0.280 e. The highest BCUT2D eigenvalue weighted by Gasteiger charge is 2.30. The van der Waals surface area contributed by atoms with Crippen LogP contribution in [0, 0.1) is 11.3 Å². The van der Waals surface area contributed by atoms with Crippen LogP contribution in [0.3, 0.4) is 0 Å². The summed E-state index contributed by atoms with van der Waals surface area (Å²) < 4.78 is 0. The van der Waals surface area contributed by atoms with Crippen LogP contribution in [0.4, 0.5) is 0 Å². The Morgan fingerprint density at radius 1 is 1.07 bits per heavy atom. The van der Waals surface area contributed by atoms with E-state index in [0.29, 0.717) is 10.9 Å². The molecule has 9 heteroatoms. The Bertz CT molecular complexity index is 1520. The smallest absolute Gasteiger partial charge is 0.280 e. The quantitative estimate of drug-likeness (QED) is 0.291. The maximum atomic E-state index is 13.6. The van der Waals surface area contributed by atoms with Gasteiger partial charge in [-0.05, 0) is 78.7 Å². The summed E-state index contributed by atoms with van der Waals surface area (Å²) in [4.78, 5) is 26.6. The number of fused-ring (bicyclic) bond motifs is 2. The SMILES string of the molecule is CC(C)(C)[C@H]1CCc2nc3sc(C(=O)NC(CCN4CCC(O)CC4)c4ccc(-c5ccnnc5)cc4)nc3cc2C1. The van der Waals surface area contributed by atoms with Gasteiger partial charge in [0.05, 0.1) is 24.5 Å². The third-order valence-electron chi connectivity index (χ3n) is 8.99. The zero-order valence-electron chi connectivity index (χ0n) is 24.7. The summed E-state index contributed by atoms with van der Waals surface area (Å²) in [5, 5.41) is 21.5. The van der Waals surface area contributed by atoms with Crippen molar-refractivity contribution in [2.45, 2.75) is 71.4 Å². The number of aliphatic hydroxyl groups excluding tert-OH is 1. The highest BCUT2D eigenvalue weighted by atomic mass is 32.1. The lowest BCUT2D eigenvalue weighted by Gasteiger charge is -2.34. The highest BCUT2D eigenvalue weighted by Crippen LogP contribution is 2.38. The highest BCUT2D eigenvalue weighted by molar-refractivity contribution is 7.19. The zero-order valence-corrected chi connectivity index (χ0v) is 25.5. The Kier molecular flexibility index (Phi) is 8.34. The molecule has 1 saturated heterocycles. The number of aryl methyl sites for hydroxylation is 1. The second kappa shape index (κ2) is 12.1. The molecule has 1 aliphatic carbocycles. The molecule has 4 heterocycles. The van der Waals surface area contributed by atoms with Crippen molar-refractivity contribution in [1.29, 1.82) is 0 Å². The molecule has 1 fully saturated rings. The fourth-order valence-electron chi connectivity index (χ4n) is 6.21. The number of aromatic nitrogens is 4. The van der Waals surface area contributed by atoms with Gasteiger partial charge in [0.25, 0.3) is 5.91 Å². The van der Waals surface area contributed by atoms with E-state index in [1.165, 1.54) is 16.9 Å². The Labute approximate surface area is 251 Å². The number of hydrogen-bond donors (Lipinski definition) is 2. The summed E-state index contributed by atoms with van der Waals surface area (Å²) in [6.45, 7) is 9.54. The molecule has 2 N–H and O–H groups in total. The predicted molar refractivity (Wildman–Crippen MR) is 166 cm³/mol. The van der Waals surface area contributed by atoms with Crippen LogP contribution in [-0.4, -0.2) is 61.8 Å². The molecule has 6 rings (SSSR count). The lowest BCUT2D eigenvalue weighted by molar-refractivity contribution is 0.0795. The zero-order chi connectivity index (χ0) is 29.3. The maximum absolute atomic E-state index is 13.6. The van der Waals surface area contributed by atoms with Gasteiger partial charge in [0.2, 0.25) is 0 Å². The van der Waals surface area contributed by atoms with E-state index in [2.05, 4.69) is 71.5 Å². The van der Waals surface area contributed by atoms with Crippen molar-refractivity contribution in [3.63, 3.8) is 0 Å². The van der Waals surface area contributed by atoms with Crippen LogP contribution in [0.1, 0.15) is 79.1 Å². The molecule has 42 heavy (non-hydrogen) atoms. The fourth-order valence-corrected chi connectivity index (χ4v) is 7.06. The Morgan fingerprint density at radius 3 is 2.57 bits per heavy atom. The number of likely N-dealkylation sites (tertiary alicyclic amines) is 1. The number of benzene rings is 1. The normalized spacial score (nSPS) is 19.0. The lowest BCUT2D eigenvalue weighted by atomic mass is 9.71. The molecule has 8 nitrogen and oxygen atoms in total. The third kappa shape index (κ3) is 6.53. The number of nitrogens with zero attached hydrogens (tertiary/aromatic N) is 5. The predicted octanol–water partition coefficient (Wildman–Crippen LogP) is 5.62. The van der Waals surface area contributed by atoms with E-state index in [-0.39, 0.29) is 23.5 Å². The number of thiazole rings is 1. The summed E-state index contributed by atoms with van der Waals surface area (Å²) in [5.41, 5.74) is 6.62. The van der Waals surface area contributed by atoms with Crippen molar-refractivity contribution < 1.29 is 9.90 Å². The van der Waals surface area contributed by atoms with Crippen LogP contribution in [0.15, 0.2) is 48.8 Å². The summed E-state index contributed by atoms with van der Waals surface area (Å²) in [5.74, 6) is 0.459. The van der Waals surface area contributed by atoms with E-state index in [0.717, 1.165) is 90.9 Å². The number of pyridine rings is 1. The van der Waals surface area contributed by atoms with Crippen molar-refractivity contribution in [3.8, 4) is 11.1 Å². The number of aliphatic hydroxyl groups is 1. The van der Waals surface area contributed by atoms with Crippen molar-refractivity contribution >= 4 is 27.6 Å². The van der Waals surface area contributed by atoms with Gasteiger partial charge >= 0.3 is 0 Å². The first kappa shape index (κ1) is 28.8. The molecule has 1 aliphatic heterocycles. The van der Waals surface area contributed by atoms with Crippen LogP contribution in [0.25, 0.3) is 21.5 Å². The number of hydrogen-bond acceptors (Lipinski definition) is 8. The summed E-state index contributed by atoms with van der Waals surface area (Å²) >= 11 is 1.38. The second-order valence-corrected chi connectivity index (χ2v) is 13.9. The van der Waals surface area contributed by atoms with E-state index in [1.54, 1.807) is 12.4 Å². The van der Waals surface area contributed by atoms with Gasteiger partial charge in [-0.1, -0.05) is 56.4 Å². The lowest BCUT2D eigenvalue weighted by Crippen LogP contribution is -2.38. The number of piperidine rings is 1. The van der Waals surface area contributed by atoms with E-state index in [1.807, 2.05) is 6.07 Å². The van der Waals surface area contributed by atoms with Crippen LogP contribution < -0.4 is 5.32 Å². The van der Waals surface area contributed by atoms with Crippen molar-refractivity contribution in [2.24, 2.45) is 11.3 Å². The average molecular weight is 585 g/mol. The number of carbonyl (C=O) groups is 1. The van der Waals surface area contributed by atoms with E-state index in [4.69, 9.17) is 9.97 Å². The van der Waals surface area contributed by atoms with E-state index < -0.39 is 0 Å². The van der Waals surface area contributed by atoms with Crippen LogP contribution in [0.2, 0.25) is 0 Å². The molecule has 1 aromatic carbocycles. The minimum Gasteiger partial charge on any atom is -0.393 e. The molecular weight excluding hydrogens is 544 g/mol. The van der Waals surface area contributed by atoms with Gasteiger partial charge in [-0.15, -0.1) is 0 Å². The first-order valence-electron chi connectivity index (χ1n) is 15.1. The Morgan fingerprint density at radius 2 is 1.86 bits per heavy atom. The van der Waals surface area contributed by atoms with Gasteiger partial charge in [0, 0.05) is 30.9 Å². The standard InChI is InChI=1S/C33H40N6O2S/c1-33(2,3)25-8-9-27-24(18-25)19-29-31(37-27)42-32(38-29)30(41)36-28(13-17-39-15-11-26(40)12-16-39)22-6-4-21(5-7-22)23-10-14-34-35-20-23/h4-7,10,14,19-20,25-26,28,40H,8-9,11-13,15-18H2,1-3H3,(H,36,41)/t25-,28?/m0/s1. The number of nitrogens with one attached hydrogen (secondary N) is 1. The summed E-state index contributed by atoms with van der Waals surface area (Å²) in [7, 11) is 0.